The van der Waals surface area contributed by atoms with Crippen molar-refractivity contribution in [3.8, 4) is 0 Å². The van der Waals surface area contributed by atoms with E-state index in [1.54, 1.807) is 0 Å². The van der Waals surface area contributed by atoms with Gasteiger partial charge in [-0.1, -0.05) is 56.3 Å². The van der Waals surface area contributed by atoms with Gasteiger partial charge in [0.2, 0.25) is 0 Å². The summed E-state index contributed by atoms with van der Waals surface area (Å²) in [5.74, 6) is 0.717. The van der Waals surface area contributed by atoms with Crippen LogP contribution in [0.2, 0.25) is 0 Å². The predicted molar refractivity (Wildman–Crippen MR) is 95.0 cm³/mol. The smallest absolute Gasteiger partial charge is 0.315 e. The van der Waals surface area contributed by atoms with E-state index in [0.717, 1.165) is 6.42 Å². The Labute approximate surface area is 138 Å². The minimum absolute atomic E-state index is 0.144. The molecule has 0 heterocycles. The molecule has 0 saturated heterocycles. The van der Waals surface area contributed by atoms with E-state index in [1.165, 1.54) is 29.0 Å². The number of benzene rings is 2. The van der Waals surface area contributed by atoms with Crippen molar-refractivity contribution in [2.45, 2.75) is 27.2 Å². The Bertz CT molecular complexity index is 774. The highest BCUT2D eigenvalue weighted by Crippen LogP contribution is 2.45. The molecular formula is C21H24O2. The largest absolute Gasteiger partial charge is 0.468 e. The fraction of sp³-hybridized carbons (Fsp3) is 0.381. The molecule has 2 heteroatoms. The Hall–Kier alpha value is -2.09. The SMILES string of the molecule is COC(=O)C1(C)C=C(c2ccc3ccccc3c2)C(C)C(C)C1. The fourth-order valence-electron chi connectivity index (χ4n) is 3.78. The van der Waals surface area contributed by atoms with E-state index in [-0.39, 0.29) is 5.97 Å². The lowest BCUT2D eigenvalue weighted by molar-refractivity contribution is -0.150. The summed E-state index contributed by atoms with van der Waals surface area (Å²) in [6.45, 7) is 6.46. The summed E-state index contributed by atoms with van der Waals surface area (Å²) in [5, 5.41) is 2.47. The zero-order valence-corrected chi connectivity index (χ0v) is 14.3. The van der Waals surface area contributed by atoms with Gasteiger partial charge in [-0.05, 0) is 53.2 Å². The van der Waals surface area contributed by atoms with Gasteiger partial charge in [0.15, 0.2) is 0 Å². The molecule has 3 unspecified atom stereocenters. The number of carbonyl (C=O) groups excluding carboxylic acids is 1. The summed E-state index contributed by atoms with van der Waals surface area (Å²) in [4.78, 5) is 12.3. The Balaban J connectivity index is 2.11. The maximum atomic E-state index is 12.3. The van der Waals surface area contributed by atoms with Crippen LogP contribution in [0, 0.1) is 17.3 Å². The van der Waals surface area contributed by atoms with Crippen LogP contribution in [0.15, 0.2) is 48.5 Å². The van der Waals surface area contributed by atoms with E-state index < -0.39 is 5.41 Å². The highest BCUT2D eigenvalue weighted by Gasteiger charge is 2.40. The number of ether oxygens (including phenoxy) is 1. The Morgan fingerprint density at radius 2 is 1.83 bits per heavy atom. The van der Waals surface area contributed by atoms with Crippen LogP contribution >= 0.6 is 0 Å². The molecule has 1 aliphatic rings. The first-order valence-corrected chi connectivity index (χ1v) is 8.25. The van der Waals surface area contributed by atoms with Gasteiger partial charge in [0, 0.05) is 0 Å². The van der Waals surface area contributed by atoms with Crippen molar-refractivity contribution in [3.63, 3.8) is 0 Å². The van der Waals surface area contributed by atoms with Crippen LogP contribution < -0.4 is 0 Å². The van der Waals surface area contributed by atoms with Gasteiger partial charge in [-0.3, -0.25) is 4.79 Å². The van der Waals surface area contributed by atoms with Crippen molar-refractivity contribution in [1.29, 1.82) is 0 Å². The Kier molecular flexibility index (Phi) is 4.01. The second kappa shape index (κ2) is 5.84. The second-order valence-corrected chi connectivity index (χ2v) is 7.04. The molecule has 0 amide bonds. The first kappa shape index (κ1) is 15.8. The van der Waals surface area contributed by atoms with E-state index in [4.69, 9.17) is 4.74 Å². The molecule has 23 heavy (non-hydrogen) atoms. The van der Waals surface area contributed by atoms with Crippen molar-refractivity contribution in [3.05, 3.63) is 54.1 Å². The number of hydrogen-bond acceptors (Lipinski definition) is 2. The summed E-state index contributed by atoms with van der Waals surface area (Å²) < 4.78 is 5.05. The number of allylic oxidation sites excluding steroid dienone is 1. The van der Waals surface area contributed by atoms with Crippen LogP contribution in [-0.4, -0.2) is 13.1 Å². The van der Waals surface area contributed by atoms with E-state index >= 15 is 0 Å². The molecule has 0 aromatic heterocycles. The number of esters is 1. The number of fused-ring (bicyclic) bond motifs is 1. The van der Waals surface area contributed by atoms with Crippen LogP contribution in [0.3, 0.4) is 0 Å². The molecule has 0 bridgehead atoms. The molecule has 2 aromatic carbocycles. The molecule has 0 radical (unpaired) electrons. The second-order valence-electron chi connectivity index (χ2n) is 7.04. The quantitative estimate of drug-likeness (QED) is 0.723. The van der Waals surface area contributed by atoms with Crippen molar-refractivity contribution in [2.24, 2.45) is 17.3 Å². The standard InChI is InChI=1S/C21H24O2/c1-14-12-21(3,20(22)23-4)13-19(15(14)2)18-10-9-16-7-5-6-8-17(16)11-18/h5-11,13-15H,12H2,1-4H3. The lowest BCUT2D eigenvalue weighted by atomic mass is 9.67. The normalized spacial score (nSPS) is 27.6. The van der Waals surface area contributed by atoms with Gasteiger partial charge in [-0.2, -0.15) is 0 Å². The van der Waals surface area contributed by atoms with E-state index in [2.05, 4.69) is 62.4 Å². The molecule has 3 atom stereocenters. The van der Waals surface area contributed by atoms with Crippen LogP contribution in [0.1, 0.15) is 32.8 Å². The van der Waals surface area contributed by atoms with E-state index in [0.29, 0.717) is 11.8 Å². The van der Waals surface area contributed by atoms with Crippen molar-refractivity contribution in [1.82, 2.24) is 0 Å². The zero-order valence-electron chi connectivity index (χ0n) is 14.3. The summed E-state index contributed by atoms with van der Waals surface area (Å²) in [6.07, 6.45) is 2.96. The maximum Gasteiger partial charge on any atom is 0.315 e. The molecule has 0 fully saturated rings. The number of carbonyl (C=O) groups is 1. The molecule has 0 N–H and O–H groups in total. The maximum absolute atomic E-state index is 12.3. The predicted octanol–water partition coefficient (Wildman–Crippen LogP) is 5.08. The van der Waals surface area contributed by atoms with Crippen LogP contribution in [0.4, 0.5) is 0 Å². The third-order valence-corrected chi connectivity index (χ3v) is 5.30. The van der Waals surface area contributed by atoms with E-state index in [1.807, 2.05) is 6.92 Å². The van der Waals surface area contributed by atoms with Crippen LogP contribution in [0.5, 0.6) is 0 Å². The molecule has 0 saturated carbocycles. The number of methoxy groups -OCH3 is 1. The summed E-state index contributed by atoms with van der Waals surface area (Å²) in [5.41, 5.74) is 1.92. The Morgan fingerprint density at radius 3 is 2.52 bits per heavy atom. The van der Waals surface area contributed by atoms with Crippen LogP contribution in [0.25, 0.3) is 16.3 Å². The van der Waals surface area contributed by atoms with Gasteiger partial charge in [0.25, 0.3) is 0 Å². The minimum atomic E-state index is -0.540. The van der Waals surface area contributed by atoms with Gasteiger partial charge < -0.3 is 4.74 Å². The molecular weight excluding hydrogens is 284 g/mol. The highest BCUT2D eigenvalue weighted by atomic mass is 16.5. The zero-order chi connectivity index (χ0) is 16.6. The van der Waals surface area contributed by atoms with Gasteiger partial charge >= 0.3 is 5.97 Å². The molecule has 0 aliphatic heterocycles. The monoisotopic (exact) mass is 308 g/mol. The fourth-order valence-corrected chi connectivity index (χ4v) is 3.78. The molecule has 0 spiro atoms. The van der Waals surface area contributed by atoms with Gasteiger partial charge in [-0.25, -0.2) is 0 Å². The molecule has 1 aliphatic carbocycles. The summed E-state index contributed by atoms with van der Waals surface area (Å²) in [7, 11) is 1.47. The first-order chi connectivity index (χ1) is 10.9. The van der Waals surface area contributed by atoms with Crippen molar-refractivity contribution >= 4 is 22.3 Å². The minimum Gasteiger partial charge on any atom is -0.468 e. The van der Waals surface area contributed by atoms with Crippen molar-refractivity contribution in [2.75, 3.05) is 7.11 Å². The van der Waals surface area contributed by atoms with Gasteiger partial charge in [-0.15, -0.1) is 0 Å². The molecule has 3 rings (SSSR count). The highest BCUT2D eigenvalue weighted by molar-refractivity contribution is 5.88. The average molecular weight is 308 g/mol. The first-order valence-electron chi connectivity index (χ1n) is 8.25. The number of rotatable bonds is 2. The van der Waals surface area contributed by atoms with Gasteiger partial charge in [0.1, 0.15) is 0 Å². The molecule has 120 valence electrons. The molecule has 2 nitrogen and oxygen atoms in total. The van der Waals surface area contributed by atoms with Crippen molar-refractivity contribution < 1.29 is 9.53 Å². The lowest BCUT2D eigenvalue weighted by Gasteiger charge is -2.37. The van der Waals surface area contributed by atoms with Gasteiger partial charge in [0.05, 0.1) is 12.5 Å². The molecule has 2 aromatic rings. The lowest BCUT2D eigenvalue weighted by Crippen LogP contribution is -2.35. The Morgan fingerprint density at radius 1 is 1.13 bits per heavy atom. The van der Waals surface area contributed by atoms with E-state index in [9.17, 15) is 4.79 Å². The topological polar surface area (TPSA) is 26.3 Å². The average Bonchev–Trinajstić information content (AvgIpc) is 2.57. The third-order valence-electron chi connectivity index (χ3n) is 5.30. The summed E-state index contributed by atoms with van der Waals surface area (Å²) in [6, 6.07) is 14.9. The third kappa shape index (κ3) is 2.78. The van der Waals surface area contributed by atoms with Crippen LogP contribution in [-0.2, 0) is 9.53 Å². The number of hydrogen-bond donors (Lipinski definition) is 0. The summed E-state index contributed by atoms with van der Waals surface area (Å²) >= 11 is 0.